The number of benzene rings is 1. The Morgan fingerprint density at radius 3 is 2.73 bits per heavy atom. The molecule has 7 heteroatoms. The van der Waals surface area contributed by atoms with Gasteiger partial charge in [0, 0.05) is 6.04 Å². The van der Waals surface area contributed by atoms with Crippen molar-refractivity contribution in [2.75, 3.05) is 25.5 Å². The van der Waals surface area contributed by atoms with E-state index in [-0.39, 0.29) is 43.3 Å². The van der Waals surface area contributed by atoms with Crippen molar-refractivity contribution in [3.8, 4) is 5.75 Å². The van der Waals surface area contributed by atoms with Gasteiger partial charge in [-0.25, -0.2) is 0 Å². The molecule has 2 rings (SSSR count). The van der Waals surface area contributed by atoms with Crippen molar-refractivity contribution in [1.82, 2.24) is 5.32 Å². The number of nitrogens with two attached hydrogens (primary N) is 1. The zero-order valence-corrected chi connectivity index (χ0v) is 14.3. The van der Waals surface area contributed by atoms with Gasteiger partial charge in [0.2, 0.25) is 5.91 Å². The SMILES string of the molecule is COc1ccccc1NCC(=O)NC1CCCC1CN.Cl.Cl. The third kappa shape index (κ3) is 5.55. The van der Waals surface area contributed by atoms with Gasteiger partial charge in [0.25, 0.3) is 0 Å². The molecular formula is C15H25Cl2N3O2. The van der Waals surface area contributed by atoms with Gasteiger partial charge in [0.15, 0.2) is 0 Å². The Balaban J connectivity index is 0.00000220. The second-order valence-corrected chi connectivity index (χ2v) is 5.15. The van der Waals surface area contributed by atoms with Gasteiger partial charge in [-0.3, -0.25) is 4.79 Å². The van der Waals surface area contributed by atoms with Gasteiger partial charge in [-0.1, -0.05) is 18.6 Å². The van der Waals surface area contributed by atoms with Crippen LogP contribution < -0.4 is 21.1 Å². The minimum Gasteiger partial charge on any atom is -0.495 e. The smallest absolute Gasteiger partial charge is 0.239 e. The first-order valence-corrected chi connectivity index (χ1v) is 7.11. The zero-order valence-electron chi connectivity index (χ0n) is 12.7. The molecule has 1 amide bonds. The average Bonchev–Trinajstić information content (AvgIpc) is 2.92. The maximum atomic E-state index is 12.0. The summed E-state index contributed by atoms with van der Waals surface area (Å²) in [6.07, 6.45) is 3.29. The summed E-state index contributed by atoms with van der Waals surface area (Å²) >= 11 is 0. The van der Waals surface area contributed by atoms with Crippen LogP contribution >= 0.6 is 24.8 Å². The van der Waals surface area contributed by atoms with Crippen molar-refractivity contribution in [2.45, 2.75) is 25.3 Å². The quantitative estimate of drug-likeness (QED) is 0.735. The lowest BCUT2D eigenvalue weighted by molar-refractivity contribution is -0.120. The maximum Gasteiger partial charge on any atom is 0.239 e. The number of carbonyl (C=O) groups excluding carboxylic acids is 1. The molecule has 0 aliphatic heterocycles. The van der Waals surface area contributed by atoms with Gasteiger partial charge >= 0.3 is 0 Å². The predicted molar refractivity (Wildman–Crippen MR) is 94.3 cm³/mol. The van der Waals surface area contributed by atoms with Crippen LogP contribution in [0.2, 0.25) is 0 Å². The topological polar surface area (TPSA) is 76.4 Å². The molecule has 2 unspecified atom stereocenters. The number of halogens is 2. The normalized spacial score (nSPS) is 19.5. The summed E-state index contributed by atoms with van der Waals surface area (Å²) in [6, 6.07) is 7.79. The largest absolute Gasteiger partial charge is 0.495 e. The molecule has 1 saturated carbocycles. The number of rotatable bonds is 6. The van der Waals surface area contributed by atoms with Crippen LogP contribution in [-0.2, 0) is 4.79 Å². The lowest BCUT2D eigenvalue weighted by Crippen LogP contribution is -2.42. The van der Waals surface area contributed by atoms with Crippen molar-refractivity contribution >= 4 is 36.4 Å². The van der Waals surface area contributed by atoms with Crippen molar-refractivity contribution in [3.63, 3.8) is 0 Å². The summed E-state index contributed by atoms with van der Waals surface area (Å²) in [4.78, 5) is 12.0. The molecule has 4 N–H and O–H groups in total. The van der Waals surface area contributed by atoms with Crippen molar-refractivity contribution in [2.24, 2.45) is 11.7 Å². The van der Waals surface area contributed by atoms with Crippen molar-refractivity contribution in [3.05, 3.63) is 24.3 Å². The minimum atomic E-state index is 0. The number of carbonyl (C=O) groups is 1. The molecule has 0 spiro atoms. The number of para-hydroxylation sites is 2. The third-order valence-corrected chi connectivity index (χ3v) is 3.85. The van der Waals surface area contributed by atoms with Crippen LogP contribution in [0.1, 0.15) is 19.3 Å². The van der Waals surface area contributed by atoms with Crippen LogP contribution in [0.25, 0.3) is 0 Å². The monoisotopic (exact) mass is 349 g/mol. The fourth-order valence-corrected chi connectivity index (χ4v) is 2.73. The number of nitrogens with one attached hydrogen (secondary N) is 2. The molecule has 126 valence electrons. The van der Waals surface area contributed by atoms with Gasteiger partial charge in [-0.2, -0.15) is 0 Å². The second-order valence-electron chi connectivity index (χ2n) is 5.15. The molecule has 0 bridgehead atoms. The fourth-order valence-electron chi connectivity index (χ4n) is 2.73. The zero-order chi connectivity index (χ0) is 14.4. The first-order chi connectivity index (χ1) is 9.74. The minimum absolute atomic E-state index is 0. The van der Waals surface area contributed by atoms with Crippen LogP contribution in [0.4, 0.5) is 5.69 Å². The summed E-state index contributed by atoms with van der Waals surface area (Å²) in [5.74, 6) is 1.16. The number of ether oxygens (including phenoxy) is 1. The Bertz CT molecular complexity index is 460. The lowest BCUT2D eigenvalue weighted by Gasteiger charge is -2.20. The molecule has 0 saturated heterocycles. The molecule has 0 aromatic heterocycles. The summed E-state index contributed by atoms with van der Waals surface area (Å²) in [5.41, 5.74) is 6.55. The molecule has 1 fully saturated rings. The highest BCUT2D eigenvalue weighted by Gasteiger charge is 2.27. The number of anilines is 1. The van der Waals surface area contributed by atoms with E-state index >= 15 is 0 Å². The molecular weight excluding hydrogens is 325 g/mol. The molecule has 1 aromatic rings. The highest BCUT2D eigenvalue weighted by Crippen LogP contribution is 2.25. The Morgan fingerprint density at radius 2 is 2.05 bits per heavy atom. The van der Waals surface area contributed by atoms with Gasteiger partial charge in [0.1, 0.15) is 5.75 Å². The molecule has 0 heterocycles. The van der Waals surface area contributed by atoms with Gasteiger partial charge in [-0.05, 0) is 37.4 Å². The Hall–Kier alpha value is -1.17. The van der Waals surface area contributed by atoms with E-state index in [9.17, 15) is 4.79 Å². The molecule has 1 aliphatic carbocycles. The summed E-state index contributed by atoms with van der Waals surface area (Å²) in [5, 5.41) is 6.17. The third-order valence-electron chi connectivity index (χ3n) is 3.85. The van der Waals surface area contributed by atoms with E-state index in [0.29, 0.717) is 12.5 Å². The van der Waals surface area contributed by atoms with Crippen LogP contribution in [0, 0.1) is 5.92 Å². The molecule has 1 aliphatic rings. The van der Waals surface area contributed by atoms with Gasteiger partial charge in [0.05, 0.1) is 19.3 Å². The highest BCUT2D eigenvalue weighted by molar-refractivity contribution is 5.85. The van der Waals surface area contributed by atoms with E-state index in [1.807, 2.05) is 24.3 Å². The first-order valence-electron chi connectivity index (χ1n) is 7.11. The van der Waals surface area contributed by atoms with E-state index in [0.717, 1.165) is 30.7 Å². The standard InChI is InChI=1S/C15H23N3O2.2ClH/c1-20-14-8-3-2-6-13(14)17-10-15(19)18-12-7-4-5-11(12)9-16;;/h2-3,6,8,11-12,17H,4-5,7,9-10,16H2,1H3,(H,18,19);2*1H. The maximum absolute atomic E-state index is 12.0. The molecule has 0 radical (unpaired) electrons. The summed E-state index contributed by atoms with van der Waals surface area (Å²) in [7, 11) is 1.62. The van der Waals surface area contributed by atoms with Gasteiger partial charge in [-0.15, -0.1) is 24.8 Å². The van der Waals surface area contributed by atoms with E-state index < -0.39 is 0 Å². The summed E-state index contributed by atoms with van der Waals surface area (Å²) < 4.78 is 5.23. The number of amides is 1. The van der Waals surface area contributed by atoms with Crippen molar-refractivity contribution in [1.29, 1.82) is 0 Å². The van der Waals surface area contributed by atoms with Crippen LogP contribution in [0.3, 0.4) is 0 Å². The van der Waals surface area contributed by atoms with E-state index in [1.165, 1.54) is 0 Å². The predicted octanol–water partition coefficient (Wildman–Crippen LogP) is 2.19. The molecule has 1 aromatic carbocycles. The lowest BCUT2D eigenvalue weighted by atomic mass is 10.0. The van der Waals surface area contributed by atoms with Crippen LogP contribution in [0.5, 0.6) is 5.75 Å². The van der Waals surface area contributed by atoms with Gasteiger partial charge < -0.3 is 21.1 Å². The van der Waals surface area contributed by atoms with Crippen LogP contribution in [0.15, 0.2) is 24.3 Å². The number of hydrogen-bond donors (Lipinski definition) is 3. The number of methoxy groups -OCH3 is 1. The molecule has 22 heavy (non-hydrogen) atoms. The summed E-state index contributed by atoms with van der Waals surface area (Å²) in [6.45, 7) is 0.888. The highest BCUT2D eigenvalue weighted by atomic mass is 35.5. The van der Waals surface area contributed by atoms with E-state index in [1.54, 1.807) is 7.11 Å². The molecule has 5 nitrogen and oxygen atoms in total. The second kappa shape index (κ2) is 10.5. The Morgan fingerprint density at radius 1 is 1.32 bits per heavy atom. The fraction of sp³-hybridized carbons (Fsp3) is 0.533. The Labute approximate surface area is 144 Å². The molecule has 2 atom stereocenters. The van der Waals surface area contributed by atoms with Crippen molar-refractivity contribution < 1.29 is 9.53 Å². The average molecular weight is 350 g/mol. The number of hydrogen-bond acceptors (Lipinski definition) is 4. The van der Waals surface area contributed by atoms with E-state index in [4.69, 9.17) is 10.5 Å². The van der Waals surface area contributed by atoms with E-state index in [2.05, 4.69) is 10.6 Å². The van der Waals surface area contributed by atoms with Crippen LogP contribution in [-0.4, -0.2) is 32.1 Å². The Kier molecular flexibility index (Phi) is 9.98. The first kappa shape index (κ1) is 20.8.